The summed E-state index contributed by atoms with van der Waals surface area (Å²) < 4.78 is 38.7. The SMILES string of the molecule is C#CC(C)(C)NCc1cc(F)c(F)cc1F. The lowest BCUT2D eigenvalue weighted by atomic mass is 10.1. The summed E-state index contributed by atoms with van der Waals surface area (Å²) >= 11 is 0. The molecule has 16 heavy (non-hydrogen) atoms. The van der Waals surface area contributed by atoms with Gasteiger partial charge in [0.15, 0.2) is 11.6 Å². The molecule has 0 heterocycles. The van der Waals surface area contributed by atoms with Crippen molar-refractivity contribution >= 4 is 0 Å². The lowest BCUT2D eigenvalue weighted by molar-refractivity contribution is 0.463. The summed E-state index contributed by atoms with van der Waals surface area (Å²) in [7, 11) is 0. The second-order valence-corrected chi connectivity index (χ2v) is 3.98. The number of hydrogen-bond donors (Lipinski definition) is 1. The fourth-order valence-electron chi connectivity index (χ4n) is 1.07. The molecule has 0 unspecified atom stereocenters. The molecule has 1 N–H and O–H groups in total. The molecule has 1 aromatic carbocycles. The van der Waals surface area contributed by atoms with E-state index in [1.165, 1.54) is 0 Å². The van der Waals surface area contributed by atoms with E-state index in [0.717, 1.165) is 6.07 Å². The van der Waals surface area contributed by atoms with Gasteiger partial charge in [0.2, 0.25) is 0 Å². The average Bonchev–Trinajstić information content (AvgIpc) is 2.22. The average molecular weight is 227 g/mol. The highest BCUT2D eigenvalue weighted by Gasteiger charge is 2.15. The predicted octanol–water partition coefficient (Wildman–Crippen LogP) is 2.61. The van der Waals surface area contributed by atoms with Crippen LogP contribution in [0.4, 0.5) is 13.2 Å². The maximum atomic E-state index is 13.2. The third kappa shape index (κ3) is 3.01. The summed E-state index contributed by atoms with van der Waals surface area (Å²) in [5, 5.41) is 2.85. The van der Waals surface area contributed by atoms with Crippen LogP contribution in [0.25, 0.3) is 0 Å². The van der Waals surface area contributed by atoms with E-state index in [1.807, 2.05) is 0 Å². The lowest BCUT2D eigenvalue weighted by Gasteiger charge is -2.19. The van der Waals surface area contributed by atoms with Crippen LogP contribution in [0.2, 0.25) is 0 Å². The molecular formula is C12H12F3N. The molecule has 1 aromatic rings. The van der Waals surface area contributed by atoms with Gasteiger partial charge in [-0.3, -0.25) is 5.32 Å². The van der Waals surface area contributed by atoms with Gasteiger partial charge in [0.1, 0.15) is 5.82 Å². The van der Waals surface area contributed by atoms with Gasteiger partial charge in [-0.1, -0.05) is 5.92 Å². The number of nitrogens with one attached hydrogen (secondary N) is 1. The minimum Gasteiger partial charge on any atom is -0.297 e. The summed E-state index contributed by atoms with van der Waals surface area (Å²) in [5.74, 6) is -0.606. The van der Waals surface area contributed by atoms with E-state index in [2.05, 4.69) is 11.2 Å². The van der Waals surface area contributed by atoms with Crippen LogP contribution >= 0.6 is 0 Å². The second-order valence-electron chi connectivity index (χ2n) is 3.98. The summed E-state index contributed by atoms with van der Waals surface area (Å²) in [5.41, 5.74) is -0.584. The summed E-state index contributed by atoms with van der Waals surface area (Å²) in [6.45, 7) is 3.50. The largest absolute Gasteiger partial charge is 0.297 e. The van der Waals surface area contributed by atoms with Crippen LogP contribution in [0, 0.1) is 29.8 Å². The van der Waals surface area contributed by atoms with Crippen molar-refractivity contribution in [3.8, 4) is 12.3 Å². The second kappa shape index (κ2) is 4.58. The fraction of sp³-hybridized carbons (Fsp3) is 0.333. The van der Waals surface area contributed by atoms with Crippen molar-refractivity contribution in [1.29, 1.82) is 0 Å². The van der Waals surface area contributed by atoms with Crippen LogP contribution in [0.5, 0.6) is 0 Å². The molecule has 0 aliphatic heterocycles. The van der Waals surface area contributed by atoms with Crippen LogP contribution in [0.15, 0.2) is 12.1 Å². The Morgan fingerprint density at radius 1 is 1.19 bits per heavy atom. The molecule has 0 saturated carbocycles. The minimum atomic E-state index is -1.20. The van der Waals surface area contributed by atoms with Gasteiger partial charge in [0.05, 0.1) is 5.54 Å². The molecule has 0 bridgehead atoms. The van der Waals surface area contributed by atoms with Gasteiger partial charge in [-0.25, -0.2) is 13.2 Å². The molecule has 0 saturated heterocycles. The first-order valence-electron chi connectivity index (χ1n) is 4.72. The molecule has 1 rings (SSSR count). The maximum Gasteiger partial charge on any atom is 0.161 e. The third-order valence-corrected chi connectivity index (χ3v) is 2.17. The van der Waals surface area contributed by atoms with Gasteiger partial charge in [-0.15, -0.1) is 6.42 Å². The van der Waals surface area contributed by atoms with Gasteiger partial charge in [0, 0.05) is 18.2 Å². The molecule has 0 fully saturated rings. The third-order valence-electron chi connectivity index (χ3n) is 2.17. The van der Waals surface area contributed by atoms with Crippen LogP contribution in [-0.4, -0.2) is 5.54 Å². The zero-order chi connectivity index (χ0) is 12.3. The molecule has 0 aromatic heterocycles. The van der Waals surface area contributed by atoms with E-state index in [0.29, 0.717) is 6.07 Å². The highest BCUT2D eigenvalue weighted by molar-refractivity contribution is 5.21. The Hall–Kier alpha value is -1.47. The van der Waals surface area contributed by atoms with Gasteiger partial charge in [-0.2, -0.15) is 0 Å². The smallest absolute Gasteiger partial charge is 0.161 e. The highest BCUT2D eigenvalue weighted by Crippen LogP contribution is 2.14. The topological polar surface area (TPSA) is 12.0 Å². The quantitative estimate of drug-likeness (QED) is 0.618. The number of hydrogen-bond acceptors (Lipinski definition) is 1. The Morgan fingerprint density at radius 3 is 2.31 bits per heavy atom. The predicted molar refractivity (Wildman–Crippen MR) is 56.1 cm³/mol. The molecule has 0 amide bonds. The molecule has 0 spiro atoms. The molecule has 0 aliphatic rings. The molecule has 1 nitrogen and oxygen atoms in total. The van der Waals surface area contributed by atoms with Crippen molar-refractivity contribution < 1.29 is 13.2 Å². The van der Waals surface area contributed by atoms with Gasteiger partial charge in [0.25, 0.3) is 0 Å². The summed E-state index contributed by atoms with van der Waals surface area (Å²) in [6.07, 6.45) is 5.22. The minimum absolute atomic E-state index is 0.0419. The molecule has 86 valence electrons. The van der Waals surface area contributed by atoms with Crippen LogP contribution in [-0.2, 0) is 6.54 Å². The van der Waals surface area contributed by atoms with E-state index in [4.69, 9.17) is 6.42 Å². The summed E-state index contributed by atoms with van der Waals surface area (Å²) in [6, 6.07) is 1.35. The Bertz CT molecular complexity index is 433. The van der Waals surface area contributed by atoms with E-state index < -0.39 is 23.0 Å². The number of benzene rings is 1. The summed E-state index contributed by atoms with van der Waals surface area (Å²) in [4.78, 5) is 0. The molecule has 0 atom stereocenters. The van der Waals surface area contributed by atoms with Crippen molar-refractivity contribution in [3.63, 3.8) is 0 Å². The number of rotatable bonds is 3. The van der Waals surface area contributed by atoms with E-state index >= 15 is 0 Å². The van der Waals surface area contributed by atoms with E-state index in [1.54, 1.807) is 13.8 Å². The van der Waals surface area contributed by atoms with Gasteiger partial charge < -0.3 is 0 Å². The van der Waals surface area contributed by atoms with Crippen molar-refractivity contribution in [2.75, 3.05) is 0 Å². The zero-order valence-electron chi connectivity index (χ0n) is 9.07. The molecule has 0 aliphatic carbocycles. The van der Waals surface area contributed by atoms with Crippen molar-refractivity contribution in [3.05, 3.63) is 35.1 Å². The Kier molecular flexibility index (Phi) is 3.61. The monoisotopic (exact) mass is 227 g/mol. The van der Waals surface area contributed by atoms with E-state index in [9.17, 15) is 13.2 Å². The van der Waals surface area contributed by atoms with Crippen molar-refractivity contribution in [2.45, 2.75) is 25.9 Å². The van der Waals surface area contributed by atoms with Crippen molar-refractivity contribution in [2.24, 2.45) is 0 Å². The zero-order valence-corrected chi connectivity index (χ0v) is 9.07. The molecule has 4 heteroatoms. The number of halogens is 3. The highest BCUT2D eigenvalue weighted by atomic mass is 19.2. The first-order valence-corrected chi connectivity index (χ1v) is 4.72. The fourth-order valence-corrected chi connectivity index (χ4v) is 1.07. The first kappa shape index (κ1) is 12.6. The standard InChI is InChI=1S/C12H12F3N/c1-4-12(2,3)16-7-8-5-10(14)11(15)6-9(8)13/h1,5-6,16H,7H2,2-3H3. The normalized spacial score (nSPS) is 11.2. The van der Waals surface area contributed by atoms with E-state index in [-0.39, 0.29) is 12.1 Å². The van der Waals surface area contributed by atoms with Crippen LogP contribution < -0.4 is 5.32 Å². The number of terminal acetylenes is 1. The van der Waals surface area contributed by atoms with Gasteiger partial charge >= 0.3 is 0 Å². The first-order chi connectivity index (χ1) is 7.35. The Balaban J connectivity index is 2.84. The Morgan fingerprint density at radius 2 is 1.75 bits per heavy atom. The molecule has 0 radical (unpaired) electrons. The van der Waals surface area contributed by atoms with Crippen LogP contribution in [0.3, 0.4) is 0 Å². The van der Waals surface area contributed by atoms with Crippen molar-refractivity contribution in [1.82, 2.24) is 5.32 Å². The van der Waals surface area contributed by atoms with Crippen LogP contribution in [0.1, 0.15) is 19.4 Å². The lowest BCUT2D eigenvalue weighted by Crippen LogP contribution is -2.37. The molecular weight excluding hydrogens is 215 g/mol. The maximum absolute atomic E-state index is 13.2. The Labute approximate surface area is 92.7 Å². The van der Waals surface area contributed by atoms with Gasteiger partial charge in [-0.05, 0) is 19.9 Å².